The van der Waals surface area contributed by atoms with E-state index in [2.05, 4.69) is 16.3 Å². The number of benzene rings is 1. The number of piperidine rings is 3. The average Bonchev–Trinajstić information content (AvgIpc) is 2.35. The summed E-state index contributed by atoms with van der Waals surface area (Å²) >= 11 is 0. The summed E-state index contributed by atoms with van der Waals surface area (Å²) in [5.74, 6) is 1.19. The van der Waals surface area contributed by atoms with Crippen molar-refractivity contribution in [2.75, 3.05) is 25.0 Å². The summed E-state index contributed by atoms with van der Waals surface area (Å²) in [6, 6.07) is 6.43. The van der Waals surface area contributed by atoms with E-state index in [0.717, 1.165) is 23.7 Å². The van der Waals surface area contributed by atoms with Gasteiger partial charge < -0.3 is 15.3 Å². The van der Waals surface area contributed by atoms with E-state index in [-0.39, 0.29) is 0 Å². The normalized spacial score (nSPS) is 31.5. The molecule has 17 heavy (non-hydrogen) atoms. The molecule has 1 aromatic rings. The number of hydrogen-bond donors (Lipinski definition) is 2. The van der Waals surface area contributed by atoms with Crippen LogP contribution in [0, 0.1) is 12.8 Å². The van der Waals surface area contributed by atoms with Gasteiger partial charge in [0.15, 0.2) is 0 Å². The van der Waals surface area contributed by atoms with Crippen molar-refractivity contribution in [3.63, 3.8) is 0 Å². The Hall–Kier alpha value is -1.22. The second kappa shape index (κ2) is 4.22. The van der Waals surface area contributed by atoms with Crippen LogP contribution in [0.2, 0.25) is 0 Å². The maximum atomic E-state index is 9.71. The minimum atomic E-state index is 0.385. The fraction of sp³-hybridized carbons (Fsp3) is 0.571. The molecular weight excluding hydrogens is 212 g/mol. The predicted octanol–water partition coefficient (Wildman–Crippen LogP) is 2.21. The molecule has 0 amide bonds. The van der Waals surface area contributed by atoms with Crippen LogP contribution in [0.25, 0.3) is 0 Å². The molecule has 0 aromatic heterocycles. The van der Waals surface area contributed by atoms with Gasteiger partial charge in [-0.15, -0.1) is 0 Å². The van der Waals surface area contributed by atoms with Crippen molar-refractivity contribution >= 4 is 5.69 Å². The second-order valence-corrected chi connectivity index (χ2v) is 5.39. The molecular formula is C14H20N2O. The Morgan fingerprint density at radius 1 is 1.29 bits per heavy atom. The molecule has 0 spiro atoms. The molecule has 3 saturated heterocycles. The lowest BCUT2D eigenvalue weighted by Gasteiger charge is -2.45. The van der Waals surface area contributed by atoms with Gasteiger partial charge in [0.1, 0.15) is 5.75 Å². The topological polar surface area (TPSA) is 35.5 Å². The van der Waals surface area contributed by atoms with Gasteiger partial charge in [0, 0.05) is 24.3 Å². The highest BCUT2D eigenvalue weighted by atomic mass is 16.3. The van der Waals surface area contributed by atoms with Crippen molar-refractivity contribution in [1.29, 1.82) is 0 Å². The van der Waals surface area contributed by atoms with Gasteiger partial charge in [0.2, 0.25) is 0 Å². The maximum absolute atomic E-state index is 9.71. The van der Waals surface area contributed by atoms with Crippen molar-refractivity contribution < 1.29 is 5.11 Å². The third-order valence-corrected chi connectivity index (χ3v) is 4.22. The van der Waals surface area contributed by atoms with Crippen LogP contribution in [0.4, 0.5) is 5.69 Å². The van der Waals surface area contributed by atoms with Crippen molar-refractivity contribution in [3.05, 3.63) is 23.8 Å². The molecule has 1 unspecified atom stereocenters. The number of phenols is 1. The molecule has 0 aliphatic carbocycles. The van der Waals surface area contributed by atoms with Crippen molar-refractivity contribution in [1.82, 2.24) is 4.90 Å². The first-order valence-corrected chi connectivity index (χ1v) is 6.51. The fourth-order valence-electron chi connectivity index (χ4n) is 3.04. The quantitative estimate of drug-likeness (QED) is 0.820. The molecule has 0 radical (unpaired) electrons. The lowest BCUT2D eigenvalue weighted by Crippen LogP contribution is -2.53. The number of fused-ring (bicyclic) bond motifs is 3. The number of phenolic OH excluding ortho intramolecular Hbond substituents is 1. The van der Waals surface area contributed by atoms with Gasteiger partial charge in [0.05, 0.1) is 0 Å². The Bertz CT molecular complexity index is 411. The minimum Gasteiger partial charge on any atom is -0.508 e. The largest absolute Gasteiger partial charge is 0.508 e. The Balaban J connectivity index is 1.72. The number of aryl methyl sites for hydroxylation is 1. The summed E-state index contributed by atoms with van der Waals surface area (Å²) in [4.78, 5) is 2.53. The molecule has 2 N–H and O–H groups in total. The van der Waals surface area contributed by atoms with Crippen molar-refractivity contribution in [2.45, 2.75) is 25.8 Å². The van der Waals surface area contributed by atoms with Crippen LogP contribution in [0.1, 0.15) is 18.4 Å². The van der Waals surface area contributed by atoms with Crippen LogP contribution in [0.3, 0.4) is 0 Å². The molecule has 3 nitrogen and oxygen atoms in total. The smallest absolute Gasteiger partial charge is 0.120 e. The highest BCUT2D eigenvalue weighted by Gasteiger charge is 2.33. The molecule has 0 saturated carbocycles. The second-order valence-electron chi connectivity index (χ2n) is 5.39. The van der Waals surface area contributed by atoms with Crippen molar-refractivity contribution in [3.8, 4) is 5.75 Å². The Morgan fingerprint density at radius 3 is 2.65 bits per heavy atom. The monoisotopic (exact) mass is 232 g/mol. The van der Waals surface area contributed by atoms with Crippen LogP contribution in [0.15, 0.2) is 18.2 Å². The predicted molar refractivity (Wildman–Crippen MR) is 69.4 cm³/mol. The first-order valence-electron chi connectivity index (χ1n) is 6.51. The zero-order chi connectivity index (χ0) is 11.8. The van der Waals surface area contributed by atoms with Crippen LogP contribution in [-0.2, 0) is 0 Å². The molecule has 3 heteroatoms. The van der Waals surface area contributed by atoms with Crippen LogP contribution in [0.5, 0.6) is 5.75 Å². The van der Waals surface area contributed by atoms with Gasteiger partial charge in [-0.3, -0.25) is 0 Å². The minimum absolute atomic E-state index is 0.385. The third kappa shape index (κ3) is 2.12. The maximum Gasteiger partial charge on any atom is 0.120 e. The molecule has 1 atom stereocenters. The highest BCUT2D eigenvalue weighted by Crippen LogP contribution is 2.30. The molecule has 3 fully saturated rings. The van der Waals surface area contributed by atoms with Gasteiger partial charge in [0.25, 0.3) is 0 Å². The summed E-state index contributed by atoms with van der Waals surface area (Å²) in [6.45, 7) is 5.61. The molecule has 3 aliphatic rings. The SMILES string of the molecule is Cc1ccc(NC2CN3CCC2CC3)cc1O. The average molecular weight is 232 g/mol. The van der Waals surface area contributed by atoms with Gasteiger partial charge in [-0.1, -0.05) is 6.07 Å². The summed E-state index contributed by atoms with van der Waals surface area (Å²) < 4.78 is 0. The first-order chi connectivity index (χ1) is 8.22. The molecule has 2 bridgehead atoms. The van der Waals surface area contributed by atoms with E-state index in [1.54, 1.807) is 0 Å². The van der Waals surface area contributed by atoms with Gasteiger partial charge in [-0.2, -0.15) is 0 Å². The highest BCUT2D eigenvalue weighted by molar-refractivity contribution is 5.51. The molecule has 3 aliphatic heterocycles. The number of nitrogens with zero attached hydrogens (tertiary/aromatic N) is 1. The van der Waals surface area contributed by atoms with E-state index >= 15 is 0 Å². The van der Waals surface area contributed by atoms with E-state index < -0.39 is 0 Å². The zero-order valence-electron chi connectivity index (χ0n) is 10.3. The van der Waals surface area contributed by atoms with E-state index in [9.17, 15) is 5.11 Å². The van der Waals surface area contributed by atoms with Crippen molar-refractivity contribution in [2.24, 2.45) is 5.92 Å². The van der Waals surface area contributed by atoms with Gasteiger partial charge >= 0.3 is 0 Å². The lowest BCUT2D eigenvalue weighted by molar-refractivity contribution is 0.0975. The summed E-state index contributed by atoms with van der Waals surface area (Å²) in [5, 5.41) is 13.3. The van der Waals surface area contributed by atoms with Gasteiger partial charge in [-0.05, 0) is 50.4 Å². The lowest BCUT2D eigenvalue weighted by atomic mass is 9.84. The Morgan fingerprint density at radius 2 is 2.06 bits per heavy atom. The van der Waals surface area contributed by atoms with E-state index in [4.69, 9.17) is 0 Å². The van der Waals surface area contributed by atoms with E-state index in [0.29, 0.717) is 11.8 Å². The molecule has 4 rings (SSSR count). The standard InChI is InChI=1S/C14H20N2O/c1-10-2-3-12(8-14(10)17)15-13-9-16-6-4-11(13)5-7-16/h2-3,8,11,13,15,17H,4-7,9H2,1H3. The van der Waals surface area contributed by atoms with E-state index in [1.807, 2.05) is 19.1 Å². The first kappa shape index (κ1) is 10.9. The third-order valence-electron chi connectivity index (χ3n) is 4.22. The number of hydrogen-bond acceptors (Lipinski definition) is 3. The zero-order valence-corrected chi connectivity index (χ0v) is 10.3. The van der Waals surface area contributed by atoms with Crippen LogP contribution >= 0.6 is 0 Å². The Labute approximate surface area is 102 Å². The van der Waals surface area contributed by atoms with Crippen LogP contribution in [-0.4, -0.2) is 35.7 Å². The number of nitrogens with one attached hydrogen (secondary N) is 1. The van der Waals surface area contributed by atoms with Crippen LogP contribution < -0.4 is 5.32 Å². The molecule has 3 heterocycles. The van der Waals surface area contributed by atoms with E-state index in [1.165, 1.54) is 25.9 Å². The van der Waals surface area contributed by atoms with Gasteiger partial charge in [-0.25, -0.2) is 0 Å². The summed E-state index contributed by atoms with van der Waals surface area (Å²) in [6.07, 6.45) is 2.63. The number of anilines is 1. The fourth-order valence-corrected chi connectivity index (χ4v) is 3.04. The molecule has 92 valence electrons. The molecule has 1 aromatic carbocycles. The number of aromatic hydroxyl groups is 1. The summed E-state index contributed by atoms with van der Waals surface area (Å²) in [5.41, 5.74) is 1.98. The Kier molecular flexibility index (Phi) is 2.71. The summed E-state index contributed by atoms with van der Waals surface area (Å²) in [7, 11) is 0. The number of rotatable bonds is 2.